The number of nitrogens with two attached hydrogens (primary N) is 1. The van der Waals surface area contributed by atoms with Gasteiger partial charge in [0, 0.05) is 13.1 Å². The maximum Gasteiger partial charge on any atom is 0.188 e. The molecule has 3 N–H and O–H groups in total. The largest absolute Gasteiger partial charge is 0.496 e. The highest BCUT2D eigenvalue weighted by atomic mass is 16.5. The Morgan fingerprint density at radius 3 is 2.79 bits per heavy atom. The molecule has 0 fully saturated rings. The van der Waals surface area contributed by atoms with E-state index in [0.717, 1.165) is 25.3 Å². The molecule has 1 rings (SSSR count). The number of methoxy groups -OCH3 is 1. The van der Waals surface area contributed by atoms with Crippen LogP contribution in [-0.2, 0) is 6.42 Å². The predicted octanol–water partition coefficient (Wildman–Crippen LogP) is 2.11. The van der Waals surface area contributed by atoms with Crippen molar-refractivity contribution in [2.45, 2.75) is 27.2 Å². The third kappa shape index (κ3) is 5.64. The average Bonchev–Trinajstić information content (AvgIpc) is 2.36. The number of hydrogen-bond acceptors (Lipinski definition) is 2. The minimum Gasteiger partial charge on any atom is -0.496 e. The number of nitrogens with one attached hydrogen (secondary N) is 1. The fourth-order valence-corrected chi connectivity index (χ4v) is 1.76. The highest BCUT2D eigenvalue weighted by Crippen LogP contribution is 2.19. The minimum absolute atomic E-state index is 0.514. The molecule has 0 aliphatic carbocycles. The first kappa shape index (κ1) is 15.3. The van der Waals surface area contributed by atoms with Crippen molar-refractivity contribution in [3.05, 3.63) is 29.3 Å². The number of aryl methyl sites for hydroxylation is 1. The Balaban J connectivity index is 2.49. The van der Waals surface area contributed by atoms with Crippen molar-refractivity contribution < 1.29 is 4.74 Å². The van der Waals surface area contributed by atoms with Gasteiger partial charge < -0.3 is 15.8 Å². The molecule has 0 amide bonds. The molecule has 0 unspecified atom stereocenters. The summed E-state index contributed by atoms with van der Waals surface area (Å²) in [6, 6.07) is 6.19. The summed E-state index contributed by atoms with van der Waals surface area (Å²) >= 11 is 0. The molecule has 0 aliphatic rings. The molecule has 106 valence electrons. The van der Waals surface area contributed by atoms with E-state index in [1.54, 1.807) is 7.11 Å². The summed E-state index contributed by atoms with van der Waals surface area (Å²) in [5.41, 5.74) is 8.21. The van der Waals surface area contributed by atoms with E-state index in [0.29, 0.717) is 11.9 Å². The number of guanidine groups is 1. The quantitative estimate of drug-likeness (QED) is 0.610. The molecule has 0 aromatic heterocycles. The van der Waals surface area contributed by atoms with Gasteiger partial charge in [-0.25, -0.2) is 0 Å². The molecular formula is C15H25N3O. The van der Waals surface area contributed by atoms with E-state index in [1.165, 1.54) is 11.1 Å². The van der Waals surface area contributed by atoms with Crippen LogP contribution in [0, 0.1) is 12.8 Å². The molecule has 0 saturated carbocycles. The van der Waals surface area contributed by atoms with Gasteiger partial charge in [0.25, 0.3) is 0 Å². The van der Waals surface area contributed by atoms with E-state index in [9.17, 15) is 0 Å². The average molecular weight is 263 g/mol. The van der Waals surface area contributed by atoms with Crippen LogP contribution in [0.5, 0.6) is 5.75 Å². The van der Waals surface area contributed by atoms with Crippen LogP contribution < -0.4 is 15.8 Å². The molecule has 1 aromatic rings. The Morgan fingerprint density at radius 2 is 2.16 bits per heavy atom. The summed E-state index contributed by atoms with van der Waals surface area (Å²) in [5.74, 6) is 1.96. The Morgan fingerprint density at radius 1 is 1.42 bits per heavy atom. The lowest BCUT2D eigenvalue weighted by Crippen LogP contribution is -2.33. The maximum absolute atomic E-state index is 5.79. The van der Waals surface area contributed by atoms with Gasteiger partial charge in [0.15, 0.2) is 5.96 Å². The first-order chi connectivity index (χ1) is 9.02. The van der Waals surface area contributed by atoms with Crippen molar-refractivity contribution in [1.29, 1.82) is 0 Å². The van der Waals surface area contributed by atoms with Gasteiger partial charge in [0.05, 0.1) is 7.11 Å². The van der Waals surface area contributed by atoms with Crippen molar-refractivity contribution in [1.82, 2.24) is 5.32 Å². The highest BCUT2D eigenvalue weighted by Gasteiger charge is 2.03. The molecule has 0 aliphatic heterocycles. The Bertz CT molecular complexity index is 427. The summed E-state index contributed by atoms with van der Waals surface area (Å²) in [6.45, 7) is 7.83. The molecule has 0 bridgehead atoms. The smallest absolute Gasteiger partial charge is 0.188 e. The van der Waals surface area contributed by atoms with Gasteiger partial charge in [-0.2, -0.15) is 0 Å². The van der Waals surface area contributed by atoms with Crippen LogP contribution in [0.2, 0.25) is 0 Å². The van der Waals surface area contributed by atoms with Gasteiger partial charge in [-0.3, -0.25) is 4.99 Å². The number of aliphatic imine (C=N–C) groups is 1. The van der Waals surface area contributed by atoms with Crippen molar-refractivity contribution in [3.63, 3.8) is 0 Å². The van der Waals surface area contributed by atoms with Gasteiger partial charge in [-0.15, -0.1) is 0 Å². The standard InChI is InChI=1S/C15H25N3O/c1-11(2)10-18-15(16)17-8-7-13-9-12(3)5-6-14(13)19-4/h5-6,9,11H,7-8,10H2,1-4H3,(H3,16,17,18). The summed E-state index contributed by atoms with van der Waals surface area (Å²) in [7, 11) is 1.69. The Hall–Kier alpha value is -1.71. The van der Waals surface area contributed by atoms with E-state index < -0.39 is 0 Å². The number of benzene rings is 1. The summed E-state index contributed by atoms with van der Waals surface area (Å²) < 4.78 is 5.35. The van der Waals surface area contributed by atoms with Crippen molar-refractivity contribution >= 4 is 5.96 Å². The zero-order chi connectivity index (χ0) is 14.3. The first-order valence-electron chi connectivity index (χ1n) is 6.70. The van der Waals surface area contributed by atoms with Crippen molar-refractivity contribution in [3.8, 4) is 5.75 Å². The number of ether oxygens (including phenoxy) is 1. The lowest BCUT2D eigenvalue weighted by Gasteiger charge is -2.11. The molecule has 4 heteroatoms. The topological polar surface area (TPSA) is 59.6 Å². The second-order valence-corrected chi connectivity index (χ2v) is 5.11. The van der Waals surface area contributed by atoms with E-state index in [2.05, 4.69) is 37.1 Å². The van der Waals surface area contributed by atoms with Gasteiger partial charge in [-0.1, -0.05) is 31.5 Å². The Labute approximate surface area is 116 Å². The molecular weight excluding hydrogens is 238 g/mol. The van der Waals surface area contributed by atoms with E-state index in [4.69, 9.17) is 10.5 Å². The molecule has 0 heterocycles. The summed E-state index contributed by atoms with van der Waals surface area (Å²) in [4.78, 5) is 4.27. The number of hydrogen-bond donors (Lipinski definition) is 2. The molecule has 0 atom stereocenters. The normalized spacial score (nSPS) is 11.7. The Kier molecular flexibility index (Phi) is 6.19. The molecule has 0 radical (unpaired) electrons. The molecule has 0 saturated heterocycles. The van der Waals surface area contributed by atoms with Crippen molar-refractivity contribution in [2.24, 2.45) is 16.6 Å². The molecule has 1 aromatic carbocycles. The van der Waals surface area contributed by atoms with Gasteiger partial charge in [-0.05, 0) is 30.9 Å². The van der Waals surface area contributed by atoms with Gasteiger partial charge in [0.2, 0.25) is 0 Å². The molecule has 4 nitrogen and oxygen atoms in total. The first-order valence-corrected chi connectivity index (χ1v) is 6.70. The summed E-state index contributed by atoms with van der Waals surface area (Å²) in [5, 5.41) is 3.13. The fourth-order valence-electron chi connectivity index (χ4n) is 1.76. The zero-order valence-electron chi connectivity index (χ0n) is 12.4. The second-order valence-electron chi connectivity index (χ2n) is 5.11. The van der Waals surface area contributed by atoms with E-state index in [-0.39, 0.29) is 0 Å². The van der Waals surface area contributed by atoms with Gasteiger partial charge >= 0.3 is 0 Å². The lowest BCUT2D eigenvalue weighted by atomic mass is 10.1. The zero-order valence-corrected chi connectivity index (χ0v) is 12.4. The second kappa shape index (κ2) is 7.67. The SMILES string of the molecule is COc1ccc(C)cc1CCNC(N)=NCC(C)C. The van der Waals surface area contributed by atoms with Crippen LogP contribution in [0.4, 0.5) is 0 Å². The minimum atomic E-state index is 0.514. The number of nitrogens with zero attached hydrogens (tertiary/aromatic N) is 1. The number of rotatable bonds is 6. The van der Waals surface area contributed by atoms with Crippen molar-refractivity contribution in [2.75, 3.05) is 20.2 Å². The highest BCUT2D eigenvalue weighted by molar-refractivity contribution is 5.77. The lowest BCUT2D eigenvalue weighted by molar-refractivity contribution is 0.409. The van der Waals surface area contributed by atoms with Crippen LogP contribution in [0.15, 0.2) is 23.2 Å². The third-order valence-corrected chi connectivity index (χ3v) is 2.76. The van der Waals surface area contributed by atoms with Crippen LogP contribution in [-0.4, -0.2) is 26.2 Å². The van der Waals surface area contributed by atoms with Crippen LogP contribution >= 0.6 is 0 Å². The van der Waals surface area contributed by atoms with E-state index in [1.807, 2.05) is 12.1 Å². The third-order valence-electron chi connectivity index (χ3n) is 2.76. The summed E-state index contributed by atoms with van der Waals surface area (Å²) in [6.07, 6.45) is 0.864. The monoisotopic (exact) mass is 263 g/mol. The maximum atomic E-state index is 5.79. The van der Waals surface area contributed by atoms with Crippen LogP contribution in [0.3, 0.4) is 0 Å². The van der Waals surface area contributed by atoms with Gasteiger partial charge in [0.1, 0.15) is 5.75 Å². The van der Waals surface area contributed by atoms with Crippen LogP contribution in [0.1, 0.15) is 25.0 Å². The molecule has 0 spiro atoms. The van der Waals surface area contributed by atoms with E-state index >= 15 is 0 Å². The fraction of sp³-hybridized carbons (Fsp3) is 0.533. The van der Waals surface area contributed by atoms with Crippen LogP contribution in [0.25, 0.3) is 0 Å². The molecule has 19 heavy (non-hydrogen) atoms. The predicted molar refractivity (Wildman–Crippen MR) is 80.8 cm³/mol.